The van der Waals surface area contributed by atoms with Crippen molar-refractivity contribution in [2.45, 2.75) is 154 Å². The largest absolute Gasteiger partial charge is 0.462 e. The first kappa shape index (κ1) is 43.8. The minimum atomic E-state index is -0.375. The predicted octanol–water partition coefficient (Wildman–Crippen LogP) is 12.3. The first-order chi connectivity index (χ1) is 30.3. The Morgan fingerprint density at radius 3 is 1.35 bits per heavy atom. The van der Waals surface area contributed by atoms with Crippen LogP contribution in [-0.2, 0) is 28.7 Å². The Morgan fingerprint density at radius 2 is 0.887 bits per heavy atom. The Hall–Kier alpha value is -4.79. The predicted molar refractivity (Wildman–Crippen MR) is 240 cm³/mol. The van der Waals surface area contributed by atoms with E-state index in [1.54, 1.807) is 0 Å². The average molecular weight is 844 g/mol. The van der Waals surface area contributed by atoms with Crippen molar-refractivity contribution in [2.24, 2.45) is 35.5 Å². The number of pyridine rings is 1. The number of carbonyl (C=O) groups is 4. The normalized spacial score (nSPS) is 26.7. The van der Waals surface area contributed by atoms with E-state index in [0.29, 0.717) is 90.2 Å². The van der Waals surface area contributed by atoms with Crippen molar-refractivity contribution in [1.29, 1.82) is 0 Å². The molecule has 0 aliphatic heterocycles. The van der Waals surface area contributed by atoms with Crippen molar-refractivity contribution in [2.75, 3.05) is 0 Å². The highest BCUT2D eigenvalue weighted by atomic mass is 16.6. The molecule has 4 aromatic rings. The molecule has 0 N–H and O–H groups in total. The van der Waals surface area contributed by atoms with Gasteiger partial charge in [0.25, 0.3) is 0 Å². The van der Waals surface area contributed by atoms with Gasteiger partial charge in [-0.2, -0.15) is 0 Å². The van der Waals surface area contributed by atoms with E-state index in [-0.39, 0.29) is 59.8 Å². The number of benzene rings is 3. The minimum Gasteiger partial charge on any atom is -0.462 e. The van der Waals surface area contributed by atoms with Crippen LogP contribution in [0, 0.1) is 35.5 Å². The van der Waals surface area contributed by atoms with Crippen LogP contribution in [0.2, 0.25) is 0 Å². The number of rotatable bonds is 13. The van der Waals surface area contributed by atoms with Crippen LogP contribution < -0.4 is 9.47 Å². The lowest BCUT2D eigenvalue weighted by Crippen LogP contribution is -2.32. The van der Waals surface area contributed by atoms with Gasteiger partial charge in [0.05, 0.1) is 29.4 Å². The monoisotopic (exact) mass is 843 g/mol. The maximum atomic E-state index is 14.1. The molecule has 3 aromatic carbocycles. The lowest BCUT2D eigenvalue weighted by molar-refractivity contribution is -0.159. The Bertz CT molecular complexity index is 2170. The van der Waals surface area contributed by atoms with Gasteiger partial charge in [-0.05, 0) is 127 Å². The van der Waals surface area contributed by atoms with Gasteiger partial charge in [-0.1, -0.05) is 94.1 Å². The first-order valence-electron chi connectivity index (χ1n) is 24.0. The lowest BCUT2D eigenvalue weighted by Gasteiger charge is -2.31. The number of fused-ring (bicyclic) bond motifs is 2. The summed E-state index contributed by atoms with van der Waals surface area (Å²) in [7, 11) is 0. The summed E-state index contributed by atoms with van der Waals surface area (Å²) in [6, 6.07) is 21.1. The third-order valence-corrected chi connectivity index (χ3v) is 14.6. The molecule has 0 amide bonds. The molecule has 4 fully saturated rings. The van der Waals surface area contributed by atoms with Crippen molar-refractivity contribution in [3.8, 4) is 22.8 Å². The number of esters is 4. The lowest BCUT2D eigenvalue weighted by atomic mass is 9.81. The summed E-state index contributed by atoms with van der Waals surface area (Å²) in [5.41, 5.74) is 2.03. The van der Waals surface area contributed by atoms with E-state index in [2.05, 4.69) is 13.8 Å². The zero-order valence-corrected chi connectivity index (χ0v) is 36.8. The van der Waals surface area contributed by atoms with E-state index in [1.807, 2.05) is 66.7 Å². The van der Waals surface area contributed by atoms with Gasteiger partial charge in [-0.15, -0.1) is 0 Å². The van der Waals surface area contributed by atoms with Gasteiger partial charge in [0.1, 0.15) is 23.5 Å². The average Bonchev–Trinajstić information content (AvgIpc) is 3.31. The maximum Gasteiger partial charge on any atom is 0.314 e. The van der Waals surface area contributed by atoms with Crippen LogP contribution in [0.1, 0.15) is 142 Å². The summed E-state index contributed by atoms with van der Waals surface area (Å²) in [5.74, 6) is 0.123. The second kappa shape index (κ2) is 20.6. The van der Waals surface area contributed by atoms with Gasteiger partial charge in [0, 0.05) is 21.7 Å². The minimum absolute atomic E-state index is 0.00530. The van der Waals surface area contributed by atoms with Crippen LogP contribution >= 0.6 is 0 Å². The van der Waals surface area contributed by atoms with Crippen LogP contribution in [0.4, 0.5) is 0 Å². The number of nitrogens with zero attached hydrogens (tertiary/aromatic N) is 1. The van der Waals surface area contributed by atoms with Gasteiger partial charge in [-0.3, -0.25) is 19.2 Å². The summed E-state index contributed by atoms with van der Waals surface area (Å²) in [6.07, 6.45) is 17.7. The van der Waals surface area contributed by atoms with Crippen molar-refractivity contribution in [3.05, 3.63) is 66.7 Å². The van der Waals surface area contributed by atoms with Crippen LogP contribution in [0.5, 0.6) is 11.5 Å². The number of hydrogen-bond donors (Lipinski definition) is 0. The fourth-order valence-electron chi connectivity index (χ4n) is 10.9. The fraction of sp³-hybridized carbons (Fsp3) is 0.566. The molecule has 9 heteroatoms. The molecule has 4 aliphatic carbocycles. The zero-order chi connectivity index (χ0) is 43.0. The Labute approximate surface area is 367 Å². The molecule has 0 unspecified atom stereocenters. The van der Waals surface area contributed by atoms with E-state index in [1.165, 1.54) is 25.7 Å². The third-order valence-electron chi connectivity index (χ3n) is 14.6. The second-order valence-electron chi connectivity index (χ2n) is 18.8. The molecule has 62 heavy (non-hydrogen) atoms. The molecule has 330 valence electrons. The summed E-state index contributed by atoms with van der Waals surface area (Å²) < 4.78 is 24.8. The topological polar surface area (TPSA) is 118 Å². The summed E-state index contributed by atoms with van der Waals surface area (Å²) in [5, 5.41) is 1.84. The van der Waals surface area contributed by atoms with Crippen LogP contribution in [-0.4, -0.2) is 41.1 Å². The number of carbonyl (C=O) groups excluding carboxylic acids is 4. The van der Waals surface area contributed by atoms with Gasteiger partial charge in [0.2, 0.25) is 0 Å². The molecule has 9 nitrogen and oxygen atoms in total. The number of ether oxygens (including phenoxy) is 4. The molecule has 0 radical (unpaired) electrons. The van der Waals surface area contributed by atoms with Crippen molar-refractivity contribution in [3.63, 3.8) is 0 Å². The van der Waals surface area contributed by atoms with Crippen molar-refractivity contribution in [1.82, 2.24) is 4.98 Å². The molecule has 1 heterocycles. The third kappa shape index (κ3) is 10.3. The Balaban J connectivity index is 0.959. The number of aromatic nitrogens is 1. The molecular weight excluding hydrogens is 779 g/mol. The standard InChI is InChI=1S/C53H65NO8/c1-3-10-34-16-28-41(29-17-34)59-50(55)37-20-24-39(25-21-37)52(57)61-48-43-14-8-9-15-44(43)49(47-45(48)32-33-46(54-47)36-12-6-5-7-13-36)62-53(58)40-26-22-38(23-27-40)51(56)60-42-30-18-35(11-4-2)19-31-42/h5-9,12-15,32-35,37-42H,3-4,10-11,16-31H2,1-2H3. The van der Waals surface area contributed by atoms with Crippen molar-refractivity contribution < 1.29 is 38.1 Å². The fourth-order valence-corrected chi connectivity index (χ4v) is 10.9. The summed E-state index contributed by atoms with van der Waals surface area (Å²) in [4.78, 5) is 59.6. The van der Waals surface area contributed by atoms with Gasteiger partial charge < -0.3 is 18.9 Å². The van der Waals surface area contributed by atoms with E-state index in [4.69, 9.17) is 23.9 Å². The molecule has 0 bridgehead atoms. The molecule has 8 rings (SSSR count). The van der Waals surface area contributed by atoms with E-state index >= 15 is 0 Å². The molecule has 1 aromatic heterocycles. The molecule has 0 atom stereocenters. The smallest absolute Gasteiger partial charge is 0.314 e. The molecule has 0 spiro atoms. The summed E-state index contributed by atoms with van der Waals surface area (Å²) in [6.45, 7) is 4.45. The quantitative estimate of drug-likeness (QED) is 0.0736. The SMILES string of the molecule is CCCC1CCC(OC(=O)C2CCC(C(=O)Oc3c4ccccc4c(OC(=O)C4CCC(C(=O)OC5CCC(CCC)CC5)CC4)c4nc(-c5ccccc5)ccc34)CC2)CC1. The zero-order valence-electron chi connectivity index (χ0n) is 36.8. The van der Waals surface area contributed by atoms with Crippen LogP contribution in [0.3, 0.4) is 0 Å². The van der Waals surface area contributed by atoms with E-state index in [0.717, 1.165) is 68.8 Å². The van der Waals surface area contributed by atoms with Gasteiger partial charge >= 0.3 is 23.9 Å². The first-order valence-corrected chi connectivity index (χ1v) is 24.0. The highest BCUT2D eigenvalue weighted by molar-refractivity contribution is 6.12. The van der Waals surface area contributed by atoms with Gasteiger partial charge in [-0.25, -0.2) is 4.98 Å². The highest BCUT2D eigenvalue weighted by Gasteiger charge is 2.36. The molecular formula is C53H65NO8. The number of hydrogen-bond acceptors (Lipinski definition) is 9. The van der Waals surface area contributed by atoms with E-state index in [9.17, 15) is 19.2 Å². The Morgan fingerprint density at radius 1 is 0.468 bits per heavy atom. The van der Waals surface area contributed by atoms with Crippen LogP contribution in [0.25, 0.3) is 32.9 Å². The molecule has 4 saturated carbocycles. The molecule has 0 saturated heterocycles. The Kier molecular flexibility index (Phi) is 14.6. The molecule has 4 aliphatic rings. The highest BCUT2D eigenvalue weighted by Crippen LogP contribution is 2.45. The second-order valence-corrected chi connectivity index (χ2v) is 18.8. The van der Waals surface area contributed by atoms with Gasteiger partial charge in [0.15, 0.2) is 5.75 Å². The summed E-state index contributed by atoms with van der Waals surface area (Å²) >= 11 is 0. The maximum absolute atomic E-state index is 14.1. The van der Waals surface area contributed by atoms with Crippen molar-refractivity contribution >= 4 is 45.6 Å². The van der Waals surface area contributed by atoms with Crippen LogP contribution in [0.15, 0.2) is 66.7 Å². The van der Waals surface area contributed by atoms with E-state index < -0.39 is 0 Å².